The van der Waals surface area contributed by atoms with Crippen molar-refractivity contribution in [2.45, 2.75) is 22.6 Å². The van der Waals surface area contributed by atoms with Crippen molar-refractivity contribution in [1.29, 1.82) is 0 Å². The van der Waals surface area contributed by atoms with Crippen molar-refractivity contribution in [2.75, 3.05) is 41.7 Å². The van der Waals surface area contributed by atoms with Gasteiger partial charge in [-0.05, 0) is 31.0 Å². The molecule has 0 atom stereocenters. The monoisotopic (exact) mass is 459 g/mol. The quantitative estimate of drug-likeness (QED) is 0.332. The fourth-order valence-electron chi connectivity index (χ4n) is 2.85. The average molecular weight is 460 g/mol. The van der Waals surface area contributed by atoms with Gasteiger partial charge in [0.15, 0.2) is 0 Å². The maximum atomic E-state index is 11.7. The van der Waals surface area contributed by atoms with Gasteiger partial charge in [0.25, 0.3) is 20.2 Å². The minimum absolute atomic E-state index is 0.0937. The highest BCUT2D eigenvalue weighted by Crippen LogP contribution is 2.28. The topological polar surface area (TPSA) is 201 Å². The largest absolute Gasteiger partial charge is 0.353 e. The number of rotatable bonds is 8. The Kier molecular flexibility index (Phi) is 6.37. The lowest BCUT2D eigenvalue weighted by Gasteiger charge is -2.18. The normalized spacial score (nSPS) is 14.7. The van der Waals surface area contributed by atoms with Gasteiger partial charge in [0.1, 0.15) is 4.90 Å². The Bertz CT molecular complexity index is 1130. The first-order chi connectivity index (χ1) is 14.1. The number of anilines is 4. The van der Waals surface area contributed by atoms with Crippen LogP contribution in [0.25, 0.3) is 0 Å². The van der Waals surface area contributed by atoms with Gasteiger partial charge in [-0.25, -0.2) is 0 Å². The molecule has 1 saturated heterocycles. The first kappa shape index (κ1) is 22.1. The molecule has 0 spiro atoms. The van der Waals surface area contributed by atoms with Crippen LogP contribution in [-0.4, -0.2) is 67.1 Å². The molecule has 30 heavy (non-hydrogen) atoms. The van der Waals surface area contributed by atoms with Crippen molar-refractivity contribution in [3.8, 4) is 0 Å². The van der Waals surface area contributed by atoms with Gasteiger partial charge in [-0.1, -0.05) is 0 Å². The van der Waals surface area contributed by atoms with E-state index < -0.39 is 30.0 Å². The molecule has 1 aliphatic heterocycles. The summed E-state index contributed by atoms with van der Waals surface area (Å²) in [5.41, 5.74) is 5.15. The van der Waals surface area contributed by atoms with Crippen LogP contribution in [0.2, 0.25) is 0 Å². The van der Waals surface area contributed by atoms with Crippen molar-refractivity contribution in [3.63, 3.8) is 0 Å². The van der Waals surface area contributed by atoms with E-state index in [0.717, 1.165) is 44.1 Å². The highest BCUT2D eigenvalue weighted by Gasteiger charge is 2.22. The standard InChI is InChI=1S/C15H21N7O6S2/c16-5-6-17-13-19-14(21-15(20-13)22-7-1-2-8-22)18-11-9-10(29(23,24)25)3-4-12(11)30(26,27)28/h3-4,9H,1-2,5-8,16H2,(H,23,24,25)(H,26,27,28)(H2,17,18,19,20,21). The smallest absolute Gasteiger partial charge is 0.296 e. The summed E-state index contributed by atoms with van der Waals surface area (Å²) in [6, 6.07) is 2.54. The zero-order valence-electron chi connectivity index (χ0n) is 15.7. The highest BCUT2D eigenvalue weighted by molar-refractivity contribution is 7.86. The van der Waals surface area contributed by atoms with E-state index in [-0.39, 0.29) is 17.6 Å². The summed E-state index contributed by atoms with van der Waals surface area (Å²) in [6.45, 7) is 2.15. The molecular formula is C15H21N7O6S2. The first-order valence-electron chi connectivity index (χ1n) is 8.89. The van der Waals surface area contributed by atoms with Gasteiger partial charge in [0.2, 0.25) is 17.8 Å². The van der Waals surface area contributed by atoms with Crippen LogP contribution >= 0.6 is 0 Å². The van der Waals surface area contributed by atoms with Gasteiger partial charge in [0.05, 0.1) is 10.6 Å². The van der Waals surface area contributed by atoms with Gasteiger partial charge in [-0.3, -0.25) is 9.11 Å². The van der Waals surface area contributed by atoms with Crippen molar-refractivity contribution < 1.29 is 25.9 Å². The van der Waals surface area contributed by atoms with Gasteiger partial charge < -0.3 is 21.3 Å². The summed E-state index contributed by atoms with van der Waals surface area (Å²) in [4.78, 5) is 13.4. The zero-order chi connectivity index (χ0) is 21.9. The van der Waals surface area contributed by atoms with Crippen LogP contribution in [0.15, 0.2) is 28.0 Å². The lowest BCUT2D eigenvalue weighted by Crippen LogP contribution is -2.23. The molecule has 6 N–H and O–H groups in total. The third-order valence-corrected chi connectivity index (χ3v) is 5.97. The van der Waals surface area contributed by atoms with Crippen molar-refractivity contribution in [3.05, 3.63) is 18.2 Å². The Morgan fingerprint density at radius 2 is 1.67 bits per heavy atom. The van der Waals surface area contributed by atoms with Crippen molar-refractivity contribution in [1.82, 2.24) is 15.0 Å². The third-order valence-electron chi connectivity index (χ3n) is 4.21. The number of nitrogens with one attached hydrogen (secondary N) is 2. The molecule has 3 rings (SSSR count). The minimum Gasteiger partial charge on any atom is -0.353 e. The summed E-state index contributed by atoms with van der Waals surface area (Å²) in [7, 11) is -9.34. The number of nitrogens with zero attached hydrogens (tertiary/aromatic N) is 4. The molecule has 15 heteroatoms. The number of hydrogen-bond acceptors (Lipinski definition) is 11. The molecule has 0 bridgehead atoms. The molecule has 0 aliphatic carbocycles. The van der Waals surface area contributed by atoms with Crippen molar-refractivity contribution >= 4 is 43.8 Å². The Hall–Kier alpha value is -2.59. The van der Waals surface area contributed by atoms with Gasteiger partial charge >= 0.3 is 0 Å². The SMILES string of the molecule is NCCNc1nc(Nc2cc(S(=O)(=O)O)ccc2S(=O)(=O)O)nc(N2CCCC2)n1. The van der Waals surface area contributed by atoms with E-state index in [1.165, 1.54) is 0 Å². The lowest BCUT2D eigenvalue weighted by atomic mass is 10.3. The second-order valence-electron chi connectivity index (χ2n) is 6.43. The second-order valence-corrected chi connectivity index (χ2v) is 9.24. The van der Waals surface area contributed by atoms with Crippen LogP contribution in [-0.2, 0) is 20.2 Å². The fraction of sp³-hybridized carbons (Fsp3) is 0.400. The number of hydrogen-bond donors (Lipinski definition) is 5. The average Bonchev–Trinajstić information content (AvgIpc) is 3.19. The second kappa shape index (κ2) is 8.65. The first-order valence-corrected chi connectivity index (χ1v) is 11.8. The molecule has 2 aromatic rings. The number of benzene rings is 1. The predicted octanol–water partition coefficient (Wildman–Crippen LogP) is 0.0794. The van der Waals surface area contributed by atoms with Crippen molar-refractivity contribution in [2.24, 2.45) is 5.73 Å². The zero-order valence-corrected chi connectivity index (χ0v) is 17.3. The van der Waals surface area contributed by atoms with Gasteiger partial charge in [-0.15, -0.1) is 0 Å². The van der Waals surface area contributed by atoms with E-state index in [9.17, 15) is 25.9 Å². The minimum atomic E-state index is -4.72. The molecule has 0 unspecified atom stereocenters. The fourth-order valence-corrected chi connectivity index (χ4v) is 3.99. The Morgan fingerprint density at radius 1 is 1.00 bits per heavy atom. The van der Waals surface area contributed by atoms with Crippen LogP contribution in [0.4, 0.5) is 23.5 Å². The van der Waals surface area contributed by atoms with Gasteiger partial charge in [0, 0.05) is 26.2 Å². The van der Waals surface area contributed by atoms with Crippen LogP contribution in [0.5, 0.6) is 0 Å². The summed E-state index contributed by atoms with van der Waals surface area (Å²) in [5, 5.41) is 5.50. The molecule has 0 radical (unpaired) electrons. The number of nitrogens with two attached hydrogens (primary N) is 1. The van der Waals surface area contributed by atoms with Crippen LogP contribution in [0, 0.1) is 0 Å². The molecule has 1 aromatic heterocycles. The van der Waals surface area contributed by atoms with E-state index in [0.29, 0.717) is 19.0 Å². The Labute approximate surface area is 173 Å². The van der Waals surface area contributed by atoms with Gasteiger partial charge in [-0.2, -0.15) is 31.8 Å². The molecule has 0 saturated carbocycles. The van der Waals surface area contributed by atoms with E-state index in [1.807, 2.05) is 4.90 Å². The maximum Gasteiger partial charge on any atom is 0.296 e. The Balaban J connectivity index is 2.06. The maximum absolute atomic E-state index is 11.7. The van der Waals surface area contributed by atoms with Crippen LogP contribution in [0.1, 0.15) is 12.8 Å². The predicted molar refractivity (Wildman–Crippen MR) is 108 cm³/mol. The van der Waals surface area contributed by atoms with Crippen LogP contribution in [0.3, 0.4) is 0 Å². The van der Waals surface area contributed by atoms with E-state index in [1.54, 1.807) is 0 Å². The summed E-state index contributed by atoms with van der Waals surface area (Å²) in [6.07, 6.45) is 1.92. The molecule has 1 fully saturated rings. The van der Waals surface area contributed by atoms with E-state index in [2.05, 4.69) is 25.6 Å². The van der Waals surface area contributed by atoms with Crippen LogP contribution < -0.4 is 21.3 Å². The molecule has 13 nitrogen and oxygen atoms in total. The summed E-state index contributed by atoms with van der Waals surface area (Å²) in [5.74, 6) is 0.423. The molecule has 2 heterocycles. The Morgan fingerprint density at radius 3 is 2.27 bits per heavy atom. The number of aromatic nitrogens is 3. The van der Waals surface area contributed by atoms with E-state index >= 15 is 0 Å². The van der Waals surface area contributed by atoms with E-state index in [4.69, 9.17) is 5.73 Å². The lowest BCUT2D eigenvalue weighted by molar-refractivity contribution is 0.479. The molecule has 1 aromatic carbocycles. The highest BCUT2D eigenvalue weighted by atomic mass is 32.2. The summed E-state index contributed by atoms with van der Waals surface area (Å²) < 4.78 is 65.0. The summed E-state index contributed by atoms with van der Waals surface area (Å²) >= 11 is 0. The molecular weight excluding hydrogens is 438 g/mol. The third kappa shape index (κ3) is 5.31. The molecule has 1 aliphatic rings. The molecule has 164 valence electrons. The molecule has 0 amide bonds.